The third-order valence-electron chi connectivity index (χ3n) is 16.5. The Hall–Kier alpha value is -9.54. The number of aromatic nitrogens is 2. The Morgan fingerprint density at radius 2 is 0.697 bits per heavy atom. The lowest BCUT2D eigenvalue weighted by molar-refractivity contribution is 0.769. The number of rotatable bonds is 9. The fourth-order valence-corrected chi connectivity index (χ4v) is 18.2. The lowest BCUT2D eigenvalue weighted by Gasteiger charge is -2.34. The van der Waals surface area contributed by atoms with Gasteiger partial charge >= 0.3 is 0 Å². The van der Waals surface area contributed by atoms with Gasteiger partial charge in [0, 0.05) is 32.9 Å². The molecule has 2 nitrogen and oxygen atoms in total. The predicted molar refractivity (Wildman–Crippen MR) is 321 cm³/mol. The summed E-state index contributed by atoms with van der Waals surface area (Å²) in [6.45, 7) is 0. The Labute approximate surface area is 443 Å². The lowest BCUT2D eigenvalue weighted by Crippen LogP contribution is -2.74. The minimum atomic E-state index is -2.78. The topological polar surface area (TPSA) is 9.86 Å². The third-order valence-corrected chi connectivity index (χ3v) is 21.3. The van der Waals surface area contributed by atoms with Gasteiger partial charge < -0.3 is 9.13 Å². The lowest BCUT2D eigenvalue weighted by atomic mass is 9.67. The van der Waals surface area contributed by atoms with Crippen LogP contribution in [0.5, 0.6) is 0 Å². The van der Waals surface area contributed by atoms with Crippen LogP contribution in [-0.2, 0) is 5.41 Å². The molecule has 0 amide bonds. The second-order valence-electron chi connectivity index (χ2n) is 20.3. The molecule has 1 aliphatic carbocycles. The maximum Gasteiger partial charge on any atom is 0.179 e. The molecule has 1 aliphatic rings. The van der Waals surface area contributed by atoms with Crippen molar-refractivity contribution >= 4 is 72.4 Å². The molecule has 0 unspecified atom stereocenters. The number of fused-ring (bicyclic) bond motifs is 9. The minimum absolute atomic E-state index is 0.476. The van der Waals surface area contributed by atoms with Crippen molar-refractivity contribution in [3.8, 4) is 33.6 Å². The summed E-state index contributed by atoms with van der Waals surface area (Å²) in [5.74, 6) is 0. The molecule has 76 heavy (non-hydrogen) atoms. The van der Waals surface area contributed by atoms with E-state index in [0.29, 0.717) is 0 Å². The predicted octanol–water partition coefficient (Wildman–Crippen LogP) is 15.3. The molecule has 0 radical (unpaired) electrons. The molecule has 0 spiro atoms. The van der Waals surface area contributed by atoms with E-state index < -0.39 is 13.5 Å². The van der Waals surface area contributed by atoms with Gasteiger partial charge in [-0.25, -0.2) is 0 Å². The first-order valence-electron chi connectivity index (χ1n) is 26.4. The largest absolute Gasteiger partial charge is 0.309 e. The summed E-state index contributed by atoms with van der Waals surface area (Å²) in [6, 6.07) is 113. The number of benzene rings is 12. The van der Waals surface area contributed by atoms with Crippen molar-refractivity contribution in [3.05, 3.63) is 326 Å². The highest BCUT2D eigenvalue weighted by Gasteiger charge is 2.46. The van der Waals surface area contributed by atoms with E-state index in [1.165, 1.54) is 109 Å². The summed E-state index contributed by atoms with van der Waals surface area (Å²) < 4.78 is 4.97. The highest BCUT2D eigenvalue weighted by molar-refractivity contribution is 7.19. The summed E-state index contributed by atoms with van der Waals surface area (Å²) in [5.41, 5.74) is 16.7. The number of hydrogen-bond acceptors (Lipinski definition) is 0. The van der Waals surface area contributed by atoms with Crippen molar-refractivity contribution in [2.45, 2.75) is 5.41 Å². The molecule has 0 bridgehead atoms. The zero-order chi connectivity index (χ0) is 50.2. The zero-order valence-electron chi connectivity index (χ0n) is 41.8. The van der Waals surface area contributed by atoms with Crippen molar-refractivity contribution in [1.29, 1.82) is 0 Å². The molecular formula is C73H50N2Si. The molecule has 0 saturated carbocycles. The van der Waals surface area contributed by atoms with Crippen LogP contribution in [0.25, 0.3) is 77.2 Å². The second-order valence-corrected chi connectivity index (χ2v) is 24.1. The molecule has 14 aromatic rings. The van der Waals surface area contributed by atoms with Crippen molar-refractivity contribution in [1.82, 2.24) is 9.13 Å². The number of nitrogens with zero attached hydrogens (tertiary/aromatic N) is 2. The first-order chi connectivity index (χ1) is 37.7. The van der Waals surface area contributed by atoms with Gasteiger partial charge in [0.25, 0.3) is 0 Å². The molecule has 0 atom stereocenters. The Kier molecular flexibility index (Phi) is 10.2. The van der Waals surface area contributed by atoms with E-state index in [-0.39, 0.29) is 0 Å². The standard InChI is InChI=1S/C73H50N2Si/c1-6-23-53(24-7-1)73(54-25-8-2-9-26-54)67-38-19-16-35-61(67)62-44-41-51(47-68(62)73)52-42-45-65-63-36-17-20-39-69(63)75(72(65)48-52)56-43-46-71-66(50-56)64-37-18-21-40-70(64)74(71)55-27-22-34-60(49-55)76(57-28-10-3-11-29-57,58-30-12-4-13-31-58)59-32-14-5-15-33-59/h1-50H. The van der Waals surface area contributed by atoms with E-state index in [1.54, 1.807) is 0 Å². The van der Waals surface area contributed by atoms with E-state index in [0.717, 1.165) is 11.4 Å². The van der Waals surface area contributed by atoms with Crippen LogP contribution in [0.15, 0.2) is 303 Å². The van der Waals surface area contributed by atoms with E-state index in [1.807, 2.05) is 0 Å². The van der Waals surface area contributed by atoms with Crippen molar-refractivity contribution < 1.29 is 0 Å². The van der Waals surface area contributed by atoms with E-state index in [4.69, 9.17) is 0 Å². The SMILES string of the molecule is c1ccc(C2(c3ccccc3)c3ccccc3-c3ccc(-c4ccc5c6ccccc6n(-c6ccc7c(c6)c6ccccc6n7-c6cccc([Si](c7ccccc7)(c7ccccc7)c7ccccc7)c6)c5c4)cc32)cc1. The second kappa shape index (κ2) is 17.6. The van der Waals surface area contributed by atoms with Crippen LogP contribution in [0.3, 0.4) is 0 Å². The molecule has 0 aliphatic heterocycles. The van der Waals surface area contributed by atoms with Gasteiger partial charge in [0.15, 0.2) is 8.07 Å². The van der Waals surface area contributed by atoms with Gasteiger partial charge in [-0.15, -0.1) is 0 Å². The quantitative estimate of drug-likeness (QED) is 0.101. The third kappa shape index (κ3) is 6.46. The molecule has 3 heteroatoms. The smallest absolute Gasteiger partial charge is 0.179 e. The first-order valence-corrected chi connectivity index (χ1v) is 28.4. The highest BCUT2D eigenvalue weighted by atomic mass is 28.3. The Morgan fingerprint density at radius 3 is 1.33 bits per heavy atom. The average molecular weight is 983 g/mol. The number of para-hydroxylation sites is 2. The van der Waals surface area contributed by atoms with Crippen LogP contribution in [0.4, 0.5) is 0 Å². The van der Waals surface area contributed by atoms with Crippen LogP contribution in [0, 0.1) is 0 Å². The van der Waals surface area contributed by atoms with Crippen molar-refractivity contribution in [2.75, 3.05) is 0 Å². The monoisotopic (exact) mass is 982 g/mol. The molecule has 0 N–H and O–H groups in total. The van der Waals surface area contributed by atoms with Gasteiger partial charge in [-0.1, -0.05) is 249 Å². The van der Waals surface area contributed by atoms with Gasteiger partial charge in [0.2, 0.25) is 0 Å². The van der Waals surface area contributed by atoms with Gasteiger partial charge in [0.05, 0.1) is 27.5 Å². The van der Waals surface area contributed by atoms with Gasteiger partial charge in [-0.2, -0.15) is 0 Å². The molecule has 12 aromatic carbocycles. The fourth-order valence-electron chi connectivity index (χ4n) is 13.4. The van der Waals surface area contributed by atoms with E-state index in [2.05, 4.69) is 312 Å². The van der Waals surface area contributed by atoms with E-state index in [9.17, 15) is 0 Å². The summed E-state index contributed by atoms with van der Waals surface area (Å²) in [7, 11) is -2.78. The normalized spacial score (nSPS) is 12.8. The first kappa shape index (κ1) is 44.0. The van der Waals surface area contributed by atoms with Crippen molar-refractivity contribution in [2.24, 2.45) is 0 Å². The maximum atomic E-state index is 2.49. The van der Waals surface area contributed by atoms with Crippen LogP contribution < -0.4 is 20.7 Å². The Balaban J connectivity index is 0.909. The van der Waals surface area contributed by atoms with Gasteiger partial charge in [-0.05, 0) is 120 Å². The molecule has 15 rings (SSSR count). The molecule has 2 heterocycles. The molecule has 356 valence electrons. The summed E-state index contributed by atoms with van der Waals surface area (Å²) in [5, 5.41) is 10.3. The Morgan fingerprint density at radius 1 is 0.250 bits per heavy atom. The molecule has 2 aromatic heterocycles. The van der Waals surface area contributed by atoms with Crippen LogP contribution in [0.2, 0.25) is 0 Å². The highest BCUT2D eigenvalue weighted by Crippen LogP contribution is 2.57. The molecule has 0 saturated heterocycles. The molecule has 0 fully saturated rings. The summed E-state index contributed by atoms with van der Waals surface area (Å²) >= 11 is 0. The summed E-state index contributed by atoms with van der Waals surface area (Å²) in [6.07, 6.45) is 0. The van der Waals surface area contributed by atoms with Crippen LogP contribution in [0.1, 0.15) is 22.3 Å². The zero-order valence-corrected chi connectivity index (χ0v) is 42.8. The average Bonchev–Trinajstić information content (AvgIpc) is 4.28. The number of hydrogen-bond donors (Lipinski definition) is 0. The fraction of sp³-hybridized carbons (Fsp3) is 0.0137. The van der Waals surface area contributed by atoms with E-state index >= 15 is 0 Å². The van der Waals surface area contributed by atoms with Crippen molar-refractivity contribution in [3.63, 3.8) is 0 Å². The van der Waals surface area contributed by atoms with Crippen LogP contribution in [-0.4, -0.2) is 17.2 Å². The van der Waals surface area contributed by atoms with Gasteiger partial charge in [0.1, 0.15) is 0 Å². The minimum Gasteiger partial charge on any atom is -0.309 e. The van der Waals surface area contributed by atoms with Crippen LogP contribution >= 0.6 is 0 Å². The summed E-state index contributed by atoms with van der Waals surface area (Å²) in [4.78, 5) is 0. The Bertz CT molecular complexity index is 4360. The van der Waals surface area contributed by atoms with Gasteiger partial charge in [-0.3, -0.25) is 0 Å². The maximum absolute atomic E-state index is 2.78. The molecular weight excluding hydrogens is 933 g/mol.